The molecule has 4 heterocycles. The Hall–Kier alpha value is -4.66. The number of benzene rings is 2. The number of aliphatic hydroxyl groups excluding tert-OH is 1. The maximum Gasteiger partial charge on any atom is 0.401 e. The van der Waals surface area contributed by atoms with Crippen molar-refractivity contribution < 1.29 is 36.6 Å². The molecule has 5 aromatic rings. The van der Waals surface area contributed by atoms with Crippen molar-refractivity contribution in [3.05, 3.63) is 89.0 Å². The summed E-state index contributed by atoms with van der Waals surface area (Å²) in [4.78, 5) is 18.3. The molecule has 0 radical (unpaired) electrons. The molecule has 1 atom stereocenters. The summed E-state index contributed by atoms with van der Waals surface area (Å²) in [5.41, 5.74) is 4.00. The predicted octanol–water partition coefficient (Wildman–Crippen LogP) is 6.95. The lowest BCUT2D eigenvalue weighted by atomic mass is 9.93. The first kappa shape index (κ1) is 33.2. The second-order valence-corrected chi connectivity index (χ2v) is 12.3. The molecule has 0 aliphatic carbocycles. The molecule has 1 aliphatic rings. The van der Waals surface area contributed by atoms with E-state index in [-0.39, 0.29) is 48.0 Å². The Morgan fingerprint density at radius 1 is 1.17 bits per heavy atom. The summed E-state index contributed by atoms with van der Waals surface area (Å²) in [5, 5.41) is 21.9. The topological polar surface area (TPSA) is 103 Å². The zero-order chi connectivity index (χ0) is 34.2. The first-order valence-electron chi connectivity index (χ1n) is 15.0. The average Bonchev–Trinajstić information content (AvgIpc) is 3.73. The van der Waals surface area contributed by atoms with Gasteiger partial charge in [-0.2, -0.15) is 18.3 Å². The maximum atomic E-state index is 15.9. The Labute approximate surface area is 275 Å². The van der Waals surface area contributed by atoms with E-state index in [2.05, 4.69) is 22.1 Å². The van der Waals surface area contributed by atoms with Gasteiger partial charge in [-0.25, -0.2) is 13.8 Å². The summed E-state index contributed by atoms with van der Waals surface area (Å²) in [5.74, 6) is -2.34. The van der Waals surface area contributed by atoms with Gasteiger partial charge >= 0.3 is 6.18 Å². The first-order chi connectivity index (χ1) is 23.0. The average molecular weight is 684 g/mol. The third-order valence-corrected chi connectivity index (χ3v) is 8.98. The summed E-state index contributed by atoms with van der Waals surface area (Å²) in [6.07, 6.45) is -2.72. The zero-order valence-electron chi connectivity index (χ0n) is 25.6. The first-order valence-corrected chi connectivity index (χ1v) is 15.9. The highest BCUT2D eigenvalue weighted by Crippen LogP contribution is 2.47. The Balaban J connectivity index is 1.55. The lowest BCUT2D eigenvalue weighted by molar-refractivity contribution is -0.147. The number of pyridine rings is 1. The van der Waals surface area contributed by atoms with Gasteiger partial charge in [-0.15, -0.1) is 11.3 Å². The largest absolute Gasteiger partial charge is 0.490 e. The standard InChI is InChI=1S/C34H30F5N5O3S/c1-3-28(46)40-18(2)25-15-26(43-42-25)32-30(29-24(36)13-22(35)14-27(29)47-10-9-45)33-23(7-11-48-33)31(41-32)20-5-4-19-6-8-44(16-21(19)12-20)17-34(37,38)39/h3-5,7,11-15,18,45H,1,6,8-10,16-17H2,2H3,(H,40,46)(H,42,43). The highest BCUT2D eigenvalue weighted by Gasteiger charge is 2.32. The van der Waals surface area contributed by atoms with Gasteiger partial charge in [0.1, 0.15) is 35.4 Å². The van der Waals surface area contributed by atoms with Gasteiger partial charge in [-0.05, 0) is 54.1 Å². The van der Waals surface area contributed by atoms with Crippen molar-refractivity contribution in [1.82, 2.24) is 25.4 Å². The Kier molecular flexibility index (Phi) is 9.32. The number of nitrogens with zero attached hydrogens (tertiary/aromatic N) is 3. The number of aromatic nitrogens is 3. The number of hydrogen-bond donors (Lipinski definition) is 3. The number of aliphatic hydroxyl groups is 1. The number of hydrogen-bond acceptors (Lipinski definition) is 7. The number of aromatic amines is 1. The number of carbonyl (C=O) groups excluding carboxylic acids is 1. The van der Waals surface area contributed by atoms with E-state index in [1.54, 1.807) is 18.4 Å². The zero-order valence-corrected chi connectivity index (χ0v) is 26.4. The van der Waals surface area contributed by atoms with Crippen molar-refractivity contribution >= 4 is 27.3 Å². The molecule has 14 heteroatoms. The lowest BCUT2D eigenvalue weighted by Crippen LogP contribution is -2.37. The molecule has 1 unspecified atom stereocenters. The number of thiophene rings is 1. The van der Waals surface area contributed by atoms with Gasteiger partial charge in [0.15, 0.2) is 0 Å². The van der Waals surface area contributed by atoms with E-state index in [1.165, 1.54) is 16.2 Å². The third-order valence-electron chi connectivity index (χ3n) is 8.05. The number of ether oxygens (including phenoxy) is 1. The van der Waals surface area contributed by atoms with Gasteiger partial charge in [0.25, 0.3) is 0 Å². The number of rotatable bonds is 10. The maximum absolute atomic E-state index is 15.9. The summed E-state index contributed by atoms with van der Waals surface area (Å²) in [7, 11) is 0. The number of nitrogens with one attached hydrogen (secondary N) is 2. The minimum Gasteiger partial charge on any atom is -0.490 e. The SMILES string of the molecule is C=CC(=O)NC(C)c1cc(-c2nc(-c3ccc4c(c3)CN(CC(F)(F)F)CC4)c3ccsc3c2-c2c(F)cc(F)cc2OCCO)n[nH]1. The Bertz CT molecular complexity index is 2010. The van der Waals surface area contributed by atoms with E-state index in [0.717, 1.165) is 29.3 Å². The van der Waals surface area contributed by atoms with Gasteiger partial charge in [-0.3, -0.25) is 14.8 Å². The van der Waals surface area contributed by atoms with E-state index < -0.39 is 42.9 Å². The number of carbonyl (C=O) groups is 1. The number of halogens is 5. The van der Waals surface area contributed by atoms with Crippen molar-refractivity contribution in [2.75, 3.05) is 26.3 Å². The van der Waals surface area contributed by atoms with Crippen LogP contribution in [-0.2, 0) is 17.8 Å². The minimum absolute atomic E-state index is 0.0860. The van der Waals surface area contributed by atoms with Crippen LogP contribution in [0, 0.1) is 11.6 Å². The third kappa shape index (κ3) is 6.82. The molecule has 0 saturated carbocycles. The number of alkyl halides is 3. The number of amides is 1. The molecule has 0 fully saturated rings. The Morgan fingerprint density at radius 3 is 2.73 bits per heavy atom. The molecular weight excluding hydrogens is 653 g/mol. The van der Waals surface area contributed by atoms with Crippen LogP contribution in [0.2, 0.25) is 0 Å². The fourth-order valence-electron chi connectivity index (χ4n) is 5.91. The highest BCUT2D eigenvalue weighted by atomic mass is 32.1. The van der Waals surface area contributed by atoms with Crippen LogP contribution in [0.5, 0.6) is 5.75 Å². The van der Waals surface area contributed by atoms with Gasteiger partial charge in [-0.1, -0.05) is 18.7 Å². The van der Waals surface area contributed by atoms with E-state index in [0.29, 0.717) is 33.5 Å². The molecule has 1 amide bonds. The van der Waals surface area contributed by atoms with Gasteiger partial charge < -0.3 is 15.2 Å². The fourth-order valence-corrected chi connectivity index (χ4v) is 6.85. The molecule has 0 spiro atoms. The molecular formula is C34H30F5N5O3S. The smallest absolute Gasteiger partial charge is 0.401 e. The second kappa shape index (κ2) is 13.5. The van der Waals surface area contributed by atoms with E-state index in [1.807, 2.05) is 24.3 Å². The molecule has 250 valence electrons. The van der Waals surface area contributed by atoms with E-state index in [4.69, 9.17) is 9.72 Å². The predicted molar refractivity (Wildman–Crippen MR) is 172 cm³/mol. The van der Waals surface area contributed by atoms with Gasteiger partial charge in [0.2, 0.25) is 5.91 Å². The summed E-state index contributed by atoms with van der Waals surface area (Å²) in [6.45, 7) is 3.97. The number of H-pyrrole nitrogens is 1. The minimum atomic E-state index is -4.33. The molecule has 2 aromatic carbocycles. The summed E-state index contributed by atoms with van der Waals surface area (Å²) < 4.78 is 76.2. The van der Waals surface area contributed by atoms with Crippen LogP contribution < -0.4 is 10.1 Å². The molecule has 0 saturated heterocycles. The fraction of sp³-hybridized carbons (Fsp3) is 0.265. The van der Waals surface area contributed by atoms with Gasteiger partial charge in [0, 0.05) is 46.4 Å². The van der Waals surface area contributed by atoms with Crippen molar-refractivity contribution in [2.45, 2.75) is 32.1 Å². The van der Waals surface area contributed by atoms with Crippen LogP contribution in [0.15, 0.2) is 60.5 Å². The van der Waals surface area contributed by atoms with Crippen LogP contribution in [0.4, 0.5) is 22.0 Å². The molecule has 1 aliphatic heterocycles. The van der Waals surface area contributed by atoms with Crippen LogP contribution in [0.25, 0.3) is 43.9 Å². The lowest BCUT2D eigenvalue weighted by Gasteiger charge is -2.29. The van der Waals surface area contributed by atoms with Crippen molar-refractivity contribution in [3.63, 3.8) is 0 Å². The summed E-state index contributed by atoms with van der Waals surface area (Å²) >= 11 is 1.29. The normalized spacial score (nSPS) is 14.1. The van der Waals surface area contributed by atoms with Crippen LogP contribution in [0.3, 0.4) is 0 Å². The molecule has 3 N–H and O–H groups in total. The van der Waals surface area contributed by atoms with Crippen LogP contribution >= 0.6 is 11.3 Å². The highest BCUT2D eigenvalue weighted by molar-refractivity contribution is 7.18. The van der Waals surface area contributed by atoms with E-state index in [9.17, 15) is 27.5 Å². The molecule has 8 nitrogen and oxygen atoms in total. The Morgan fingerprint density at radius 2 is 1.98 bits per heavy atom. The van der Waals surface area contributed by atoms with Crippen molar-refractivity contribution in [2.24, 2.45) is 0 Å². The molecule has 6 rings (SSSR count). The van der Waals surface area contributed by atoms with Crippen molar-refractivity contribution in [3.8, 4) is 39.5 Å². The van der Waals surface area contributed by atoms with Crippen LogP contribution in [-0.4, -0.2) is 63.6 Å². The van der Waals surface area contributed by atoms with Crippen molar-refractivity contribution in [1.29, 1.82) is 0 Å². The second-order valence-electron chi connectivity index (χ2n) is 11.4. The molecule has 0 bridgehead atoms. The number of fused-ring (bicyclic) bond motifs is 2. The quantitative estimate of drug-likeness (QED) is 0.109. The molecule has 48 heavy (non-hydrogen) atoms. The van der Waals surface area contributed by atoms with Crippen LogP contribution in [0.1, 0.15) is 29.8 Å². The van der Waals surface area contributed by atoms with E-state index >= 15 is 4.39 Å². The monoisotopic (exact) mass is 683 g/mol. The molecule has 3 aromatic heterocycles. The summed E-state index contributed by atoms with van der Waals surface area (Å²) in [6, 6.07) is 10.3. The van der Waals surface area contributed by atoms with Gasteiger partial charge in [0.05, 0.1) is 36.1 Å².